The van der Waals surface area contributed by atoms with Crippen molar-refractivity contribution in [3.8, 4) is 0 Å². The number of nitrogens with zero attached hydrogens (tertiary/aromatic N) is 3. The molecule has 1 aromatic heterocycles. The van der Waals surface area contributed by atoms with Gasteiger partial charge in [-0.25, -0.2) is 0 Å². The van der Waals surface area contributed by atoms with E-state index in [0.29, 0.717) is 30.7 Å². The monoisotopic (exact) mass is 269 g/mol. The standard InChI is InChI=1S/C13H23N3O3/c1-9(2)6-16(8-11(17)18)7-10-14-12(19-15-10)13(3,4)5/h9H,6-8H2,1-5H3,(H,17,18). The second-order valence-electron chi connectivity index (χ2n) is 6.22. The van der Waals surface area contributed by atoms with E-state index < -0.39 is 5.97 Å². The van der Waals surface area contributed by atoms with Crippen molar-refractivity contribution in [2.75, 3.05) is 13.1 Å². The van der Waals surface area contributed by atoms with E-state index in [9.17, 15) is 4.79 Å². The van der Waals surface area contributed by atoms with Gasteiger partial charge < -0.3 is 9.63 Å². The summed E-state index contributed by atoms with van der Waals surface area (Å²) in [6.07, 6.45) is 0. The molecule has 0 fully saturated rings. The van der Waals surface area contributed by atoms with Gasteiger partial charge in [-0.3, -0.25) is 9.69 Å². The lowest BCUT2D eigenvalue weighted by Crippen LogP contribution is -2.32. The highest BCUT2D eigenvalue weighted by Gasteiger charge is 2.23. The highest BCUT2D eigenvalue weighted by molar-refractivity contribution is 5.69. The Balaban J connectivity index is 2.73. The third kappa shape index (κ3) is 5.38. The van der Waals surface area contributed by atoms with E-state index in [-0.39, 0.29) is 12.0 Å². The summed E-state index contributed by atoms with van der Waals surface area (Å²) in [7, 11) is 0. The van der Waals surface area contributed by atoms with Crippen LogP contribution in [0, 0.1) is 5.92 Å². The fourth-order valence-electron chi connectivity index (χ4n) is 1.72. The van der Waals surface area contributed by atoms with Crippen LogP contribution in [0.3, 0.4) is 0 Å². The molecule has 1 aromatic rings. The van der Waals surface area contributed by atoms with E-state index in [1.54, 1.807) is 0 Å². The normalized spacial score (nSPS) is 12.4. The second-order valence-corrected chi connectivity index (χ2v) is 6.22. The van der Waals surface area contributed by atoms with E-state index in [0.717, 1.165) is 0 Å². The molecule has 0 saturated heterocycles. The van der Waals surface area contributed by atoms with Crippen molar-refractivity contribution in [1.82, 2.24) is 15.0 Å². The smallest absolute Gasteiger partial charge is 0.317 e. The van der Waals surface area contributed by atoms with Crippen molar-refractivity contribution in [3.63, 3.8) is 0 Å². The number of aliphatic carboxylic acids is 1. The van der Waals surface area contributed by atoms with Crippen molar-refractivity contribution < 1.29 is 14.4 Å². The number of carboxylic acids is 1. The molecule has 0 bridgehead atoms. The summed E-state index contributed by atoms with van der Waals surface area (Å²) in [5, 5.41) is 12.8. The van der Waals surface area contributed by atoms with Gasteiger partial charge in [0.2, 0.25) is 5.89 Å². The first-order valence-corrected chi connectivity index (χ1v) is 6.45. The lowest BCUT2D eigenvalue weighted by Gasteiger charge is -2.20. The van der Waals surface area contributed by atoms with E-state index in [4.69, 9.17) is 9.63 Å². The maximum atomic E-state index is 10.8. The number of hydrogen-bond acceptors (Lipinski definition) is 5. The number of aromatic nitrogens is 2. The summed E-state index contributed by atoms with van der Waals surface area (Å²) in [5.74, 6) is 0.641. The Labute approximate surface area is 113 Å². The lowest BCUT2D eigenvalue weighted by molar-refractivity contribution is -0.138. The maximum Gasteiger partial charge on any atom is 0.317 e. The zero-order chi connectivity index (χ0) is 14.6. The predicted octanol–water partition coefficient (Wildman–Crippen LogP) is 1.91. The summed E-state index contributed by atoms with van der Waals surface area (Å²) >= 11 is 0. The molecule has 19 heavy (non-hydrogen) atoms. The van der Waals surface area contributed by atoms with Crippen LogP contribution in [0.2, 0.25) is 0 Å². The van der Waals surface area contributed by atoms with Crippen LogP contribution in [-0.2, 0) is 16.8 Å². The van der Waals surface area contributed by atoms with Gasteiger partial charge in [-0.1, -0.05) is 39.8 Å². The van der Waals surface area contributed by atoms with Crippen LogP contribution in [0.1, 0.15) is 46.3 Å². The minimum Gasteiger partial charge on any atom is -0.480 e. The summed E-state index contributed by atoms with van der Waals surface area (Å²) in [5.41, 5.74) is -0.194. The molecule has 0 amide bonds. The van der Waals surface area contributed by atoms with Gasteiger partial charge in [0.1, 0.15) is 0 Å². The van der Waals surface area contributed by atoms with Crippen LogP contribution in [-0.4, -0.2) is 39.2 Å². The van der Waals surface area contributed by atoms with Crippen molar-refractivity contribution >= 4 is 5.97 Å². The van der Waals surface area contributed by atoms with Crippen molar-refractivity contribution in [2.24, 2.45) is 5.92 Å². The SMILES string of the molecule is CC(C)CN(CC(=O)O)Cc1noc(C(C)(C)C)n1. The molecule has 0 aliphatic carbocycles. The first kappa shape index (κ1) is 15.6. The number of rotatable bonds is 6. The molecule has 6 heteroatoms. The van der Waals surface area contributed by atoms with Gasteiger partial charge in [0.15, 0.2) is 5.82 Å². The van der Waals surface area contributed by atoms with Gasteiger partial charge in [-0.15, -0.1) is 0 Å². The molecule has 1 heterocycles. The third-order valence-corrected chi connectivity index (χ3v) is 2.46. The van der Waals surface area contributed by atoms with Gasteiger partial charge >= 0.3 is 5.97 Å². The van der Waals surface area contributed by atoms with Gasteiger partial charge in [0.05, 0.1) is 13.1 Å². The minimum atomic E-state index is -0.847. The van der Waals surface area contributed by atoms with Crippen LogP contribution in [0.4, 0.5) is 0 Å². The highest BCUT2D eigenvalue weighted by atomic mass is 16.5. The fraction of sp³-hybridized carbons (Fsp3) is 0.769. The molecule has 0 aromatic carbocycles. The first-order valence-electron chi connectivity index (χ1n) is 6.45. The average Bonchev–Trinajstić information content (AvgIpc) is 2.62. The quantitative estimate of drug-likeness (QED) is 0.849. The molecule has 108 valence electrons. The molecule has 6 nitrogen and oxygen atoms in total. The molecule has 1 N–H and O–H groups in total. The van der Waals surface area contributed by atoms with Crippen LogP contribution in [0.5, 0.6) is 0 Å². The molecule has 0 aliphatic heterocycles. The van der Waals surface area contributed by atoms with Crippen molar-refractivity contribution in [1.29, 1.82) is 0 Å². The Bertz CT molecular complexity index is 421. The highest BCUT2D eigenvalue weighted by Crippen LogP contribution is 2.20. The van der Waals surface area contributed by atoms with Crippen molar-refractivity contribution in [2.45, 2.75) is 46.6 Å². The molecule has 0 radical (unpaired) electrons. The Morgan fingerprint density at radius 3 is 2.47 bits per heavy atom. The van der Waals surface area contributed by atoms with E-state index in [1.165, 1.54) is 0 Å². The molecule has 0 atom stereocenters. The summed E-state index contributed by atoms with van der Waals surface area (Å²) < 4.78 is 5.20. The van der Waals surface area contributed by atoms with E-state index in [2.05, 4.69) is 10.1 Å². The van der Waals surface area contributed by atoms with Crippen LogP contribution < -0.4 is 0 Å². The zero-order valence-electron chi connectivity index (χ0n) is 12.3. The first-order chi connectivity index (χ1) is 8.68. The number of hydrogen-bond donors (Lipinski definition) is 1. The molecule has 0 aliphatic rings. The fourth-order valence-corrected chi connectivity index (χ4v) is 1.72. The van der Waals surface area contributed by atoms with Crippen LogP contribution in [0.25, 0.3) is 0 Å². The van der Waals surface area contributed by atoms with Crippen LogP contribution in [0.15, 0.2) is 4.52 Å². The van der Waals surface area contributed by atoms with Crippen molar-refractivity contribution in [3.05, 3.63) is 11.7 Å². The Morgan fingerprint density at radius 1 is 1.42 bits per heavy atom. The average molecular weight is 269 g/mol. The summed E-state index contributed by atoms with van der Waals surface area (Å²) in [4.78, 5) is 17.0. The summed E-state index contributed by atoms with van der Waals surface area (Å²) in [6, 6.07) is 0. The zero-order valence-corrected chi connectivity index (χ0v) is 12.3. The third-order valence-electron chi connectivity index (χ3n) is 2.46. The summed E-state index contributed by atoms with van der Waals surface area (Å²) in [6.45, 7) is 11.1. The van der Waals surface area contributed by atoms with Gasteiger partial charge in [-0.05, 0) is 5.92 Å². The van der Waals surface area contributed by atoms with Crippen LogP contribution >= 0.6 is 0 Å². The largest absolute Gasteiger partial charge is 0.480 e. The topological polar surface area (TPSA) is 79.5 Å². The molecule has 1 rings (SSSR count). The van der Waals surface area contributed by atoms with Gasteiger partial charge in [0.25, 0.3) is 0 Å². The second kappa shape index (κ2) is 6.14. The maximum absolute atomic E-state index is 10.8. The molecular formula is C13H23N3O3. The number of carbonyl (C=O) groups is 1. The minimum absolute atomic E-state index is 0.0163. The molecule has 0 saturated carbocycles. The van der Waals surface area contributed by atoms with E-state index in [1.807, 2.05) is 39.5 Å². The number of carboxylic acid groups (broad SMARTS) is 1. The molecule has 0 spiro atoms. The lowest BCUT2D eigenvalue weighted by atomic mass is 9.97. The molecule has 0 unspecified atom stereocenters. The van der Waals surface area contributed by atoms with E-state index >= 15 is 0 Å². The Morgan fingerprint density at radius 2 is 2.05 bits per heavy atom. The molecular weight excluding hydrogens is 246 g/mol. The Kier molecular flexibility index (Phi) is 5.05. The Hall–Kier alpha value is -1.43. The predicted molar refractivity (Wildman–Crippen MR) is 70.7 cm³/mol. The van der Waals surface area contributed by atoms with Gasteiger partial charge in [-0.2, -0.15) is 4.98 Å². The van der Waals surface area contributed by atoms with Gasteiger partial charge in [0, 0.05) is 12.0 Å².